The van der Waals surface area contributed by atoms with Crippen LogP contribution in [0, 0.1) is 11.2 Å². The smallest absolute Gasteiger partial charge is 0.147 e. The molecule has 1 aliphatic rings. The van der Waals surface area contributed by atoms with E-state index in [4.69, 9.17) is 19.6 Å². The van der Waals surface area contributed by atoms with Crippen molar-refractivity contribution in [1.82, 2.24) is 4.90 Å². The normalized spacial score (nSPS) is 14.3. The Morgan fingerprint density at radius 3 is 2.53 bits per heavy atom. The molecular formula is C26H34FN3O4. The van der Waals surface area contributed by atoms with Crippen LogP contribution in [0.1, 0.15) is 36.5 Å². The van der Waals surface area contributed by atoms with Crippen molar-refractivity contribution in [2.24, 2.45) is 0 Å². The Morgan fingerprint density at radius 2 is 1.94 bits per heavy atom. The number of anilines is 1. The lowest BCUT2D eigenvalue weighted by atomic mass is 9.97. The Hall–Kier alpha value is -2.94. The third-order valence-corrected chi connectivity index (χ3v) is 5.86. The van der Waals surface area contributed by atoms with Gasteiger partial charge in [-0.05, 0) is 35.2 Å². The number of morpholine rings is 1. The maximum Gasteiger partial charge on any atom is 0.147 e. The van der Waals surface area contributed by atoms with Crippen molar-refractivity contribution in [3.05, 3.63) is 59.4 Å². The van der Waals surface area contributed by atoms with Gasteiger partial charge in [-0.2, -0.15) is 0 Å². The van der Waals surface area contributed by atoms with Crippen LogP contribution in [0.4, 0.5) is 10.1 Å². The molecule has 0 spiro atoms. The van der Waals surface area contributed by atoms with E-state index in [0.29, 0.717) is 31.1 Å². The van der Waals surface area contributed by atoms with Crippen LogP contribution >= 0.6 is 0 Å². The lowest BCUT2D eigenvalue weighted by Crippen LogP contribution is -2.35. The van der Waals surface area contributed by atoms with Gasteiger partial charge in [-0.15, -0.1) is 0 Å². The van der Waals surface area contributed by atoms with Crippen LogP contribution in [0.2, 0.25) is 0 Å². The van der Waals surface area contributed by atoms with Crippen LogP contribution in [0.5, 0.6) is 11.5 Å². The molecule has 0 amide bonds. The highest BCUT2D eigenvalue weighted by Gasteiger charge is 2.24. The van der Waals surface area contributed by atoms with E-state index < -0.39 is 5.82 Å². The molecule has 1 aliphatic heterocycles. The summed E-state index contributed by atoms with van der Waals surface area (Å²) < 4.78 is 31.4. The van der Waals surface area contributed by atoms with E-state index in [1.165, 1.54) is 24.1 Å². The summed E-state index contributed by atoms with van der Waals surface area (Å²) in [5.74, 6) is 0.121. The molecule has 1 fully saturated rings. The molecule has 2 N–H and O–H groups in total. The monoisotopic (exact) mass is 471 g/mol. The van der Waals surface area contributed by atoms with Crippen LogP contribution in [0.15, 0.2) is 36.9 Å². The number of nitrogens with one attached hydrogen (secondary N) is 1. The zero-order chi connectivity index (χ0) is 24.8. The Kier molecular flexibility index (Phi) is 8.66. The van der Waals surface area contributed by atoms with Crippen LogP contribution in [-0.2, 0) is 16.0 Å². The Balaban J connectivity index is 1.98. The summed E-state index contributed by atoms with van der Waals surface area (Å²) in [5, 5.41) is 19.3. The van der Waals surface area contributed by atoms with Crippen molar-refractivity contribution in [2.45, 2.75) is 26.3 Å². The molecule has 184 valence electrons. The lowest BCUT2D eigenvalue weighted by Gasteiger charge is -2.29. The maximum atomic E-state index is 15.4. The highest BCUT2D eigenvalue weighted by Crippen LogP contribution is 2.38. The highest BCUT2D eigenvalue weighted by molar-refractivity contribution is 6.08. The predicted octanol–water partition coefficient (Wildman–Crippen LogP) is 4.60. The molecule has 0 atom stereocenters. The van der Waals surface area contributed by atoms with E-state index in [0.717, 1.165) is 24.2 Å². The van der Waals surface area contributed by atoms with Gasteiger partial charge in [-0.25, -0.2) is 4.39 Å². The molecule has 3 rings (SSSR count). The van der Waals surface area contributed by atoms with Crippen molar-refractivity contribution in [3.8, 4) is 11.5 Å². The van der Waals surface area contributed by atoms with Crippen molar-refractivity contribution in [2.75, 3.05) is 52.0 Å². The quantitative estimate of drug-likeness (QED) is 0.411. The average molecular weight is 472 g/mol. The Labute approximate surface area is 200 Å². The number of nitrogens with zero attached hydrogens (tertiary/aromatic N) is 2. The lowest BCUT2D eigenvalue weighted by molar-refractivity contribution is 0.0341. The molecule has 0 bridgehead atoms. The first kappa shape index (κ1) is 25.7. The maximum absolute atomic E-state index is 15.4. The fraction of sp³-hybridized carbons (Fsp3) is 0.423. The second-order valence-electron chi connectivity index (χ2n) is 8.60. The zero-order valence-electron chi connectivity index (χ0n) is 20.4. The number of rotatable bonds is 9. The highest BCUT2D eigenvalue weighted by atomic mass is 19.1. The summed E-state index contributed by atoms with van der Waals surface area (Å²) in [5.41, 5.74) is 2.53. The minimum atomic E-state index is -0.482. The van der Waals surface area contributed by atoms with Crippen LogP contribution in [0.25, 0.3) is 5.70 Å². The number of ether oxygens (including phenoxy) is 3. The van der Waals surface area contributed by atoms with E-state index in [2.05, 4.69) is 11.5 Å². The third-order valence-electron chi connectivity index (χ3n) is 5.86. The van der Waals surface area contributed by atoms with Crippen molar-refractivity contribution < 1.29 is 23.7 Å². The second kappa shape index (κ2) is 11.5. The number of amidine groups is 1. The Morgan fingerprint density at radius 1 is 1.24 bits per heavy atom. The minimum absolute atomic E-state index is 0.00588. The number of phenols is 1. The van der Waals surface area contributed by atoms with Gasteiger partial charge in [0.15, 0.2) is 0 Å². The first-order valence-corrected chi connectivity index (χ1v) is 11.3. The number of hydrogen-bond acceptors (Lipinski definition) is 6. The number of aromatic hydroxyl groups is 1. The van der Waals surface area contributed by atoms with Crippen LogP contribution in [-0.4, -0.2) is 63.0 Å². The number of halogens is 1. The standard InChI is InChI=1S/C26H34FN3O4/c1-17(2)20-13-21(24(31)14-25(20)33-5)18(3)30(26(28)16-32-4)23-7-6-19(12-22(23)27)15-29-8-10-34-11-9-29/h6-7,12-14,17,28,31H,3,8-11,15-16H2,1-2,4-5H3. The summed E-state index contributed by atoms with van der Waals surface area (Å²) in [6, 6.07) is 8.28. The fourth-order valence-electron chi connectivity index (χ4n) is 4.07. The molecule has 1 heterocycles. The van der Waals surface area contributed by atoms with Crippen molar-refractivity contribution >= 4 is 17.2 Å². The van der Waals surface area contributed by atoms with Crippen LogP contribution < -0.4 is 9.64 Å². The minimum Gasteiger partial charge on any atom is -0.507 e. The van der Waals surface area contributed by atoms with Gasteiger partial charge in [0.05, 0.1) is 31.7 Å². The van der Waals surface area contributed by atoms with Gasteiger partial charge in [-0.3, -0.25) is 15.2 Å². The zero-order valence-corrected chi connectivity index (χ0v) is 20.4. The number of methoxy groups -OCH3 is 2. The van der Waals surface area contributed by atoms with E-state index in [1.54, 1.807) is 19.2 Å². The average Bonchev–Trinajstić information content (AvgIpc) is 2.81. The molecule has 0 saturated carbocycles. The topological polar surface area (TPSA) is 78.2 Å². The summed E-state index contributed by atoms with van der Waals surface area (Å²) in [7, 11) is 3.02. The molecule has 8 heteroatoms. The van der Waals surface area contributed by atoms with Crippen LogP contribution in [0.3, 0.4) is 0 Å². The molecule has 0 aliphatic carbocycles. The Bertz CT molecular complexity index is 1030. The molecule has 2 aromatic rings. The SMILES string of the molecule is C=C(c1cc(C(C)C)c(OC)cc1O)N(C(=N)COC)c1ccc(CN2CCOCC2)cc1F. The summed E-state index contributed by atoms with van der Waals surface area (Å²) >= 11 is 0. The number of benzene rings is 2. The molecule has 0 aromatic heterocycles. The first-order valence-electron chi connectivity index (χ1n) is 11.3. The van der Waals surface area contributed by atoms with Gasteiger partial charge in [0.1, 0.15) is 29.8 Å². The van der Waals surface area contributed by atoms with Gasteiger partial charge in [-0.1, -0.05) is 26.5 Å². The molecule has 7 nitrogen and oxygen atoms in total. The fourth-order valence-corrected chi connectivity index (χ4v) is 4.07. The van der Waals surface area contributed by atoms with Gasteiger partial charge >= 0.3 is 0 Å². The van der Waals surface area contributed by atoms with E-state index in [1.807, 2.05) is 19.9 Å². The molecule has 2 aromatic carbocycles. The van der Waals surface area contributed by atoms with Gasteiger partial charge < -0.3 is 19.3 Å². The summed E-state index contributed by atoms with van der Waals surface area (Å²) in [4.78, 5) is 3.59. The van der Waals surface area contributed by atoms with E-state index in [-0.39, 0.29) is 35.5 Å². The summed E-state index contributed by atoms with van der Waals surface area (Å²) in [6.45, 7) is 11.7. The molecule has 1 saturated heterocycles. The van der Waals surface area contributed by atoms with Gasteiger partial charge in [0.2, 0.25) is 0 Å². The van der Waals surface area contributed by atoms with Gasteiger partial charge in [0, 0.05) is 38.4 Å². The first-order chi connectivity index (χ1) is 16.3. The largest absolute Gasteiger partial charge is 0.507 e. The van der Waals surface area contributed by atoms with Crippen molar-refractivity contribution in [1.29, 1.82) is 5.41 Å². The molecule has 0 radical (unpaired) electrons. The van der Waals surface area contributed by atoms with Crippen molar-refractivity contribution in [3.63, 3.8) is 0 Å². The number of phenolic OH excluding ortho intramolecular Hbond substituents is 1. The van der Waals surface area contributed by atoms with Gasteiger partial charge in [0.25, 0.3) is 0 Å². The number of hydrogen-bond donors (Lipinski definition) is 2. The molecule has 0 unspecified atom stereocenters. The summed E-state index contributed by atoms with van der Waals surface area (Å²) in [6.07, 6.45) is 0. The third kappa shape index (κ3) is 5.75. The second-order valence-corrected chi connectivity index (χ2v) is 8.60. The molecule has 34 heavy (non-hydrogen) atoms. The van der Waals surface area contributed by atoms with E-state index in [9.17, 15) is 5.11 Å². The molecular weight excluding hydrogens is 437 g/mol. The van der Waals surface area contributed by atoms with E-state index >= 15 is 4.39 Å². The predicted molar refractivity (Wildman–Crippen MR) is 132 cm³/mol.